The molecule has 1 saturated heterocycles. The fourth-order valence-corrected chi connectivity index (χ4v) is 3.82. The van der Waals surface area contributed by atoms with E-state index in [0.717, 1.165) is 18.4 Å². The highest BCUT2D eigenvalue weighted by Crippen LogP contribution is 2.28. The number of aromatic nitrogens is 2. The minimum atomic E-state index is -0.686. The molecule has 7 nitrogen and oxygen atoms in total. The number of nitrogens with zero attached hydrogens (tertiary/aromatic N) is 1. The second kappa shape index (κ2) is 8.14. The van der Waals surface area contributed by atoms with Crippen LogP contribution in [0.25, 0.3) is 11.0 Å². The lowest BCUT2D eigenvalue weighted by molar-refractivity contribution is 0.0827. The fourth-order valence-electron chi connectivity index (χ4n) is 3.82. The van der Waals surface area contributed by atoms with Crippen molar-refractivity contribution in [2.24, 2.45) is 5.92 Å². The fraction of sp³-hybridized carbons (Fsp3) is 0.318. The van der Waals surface area contributed by atoms with Crippen molar-refractivity contribution in [3.05, 3.63) is 59.4 Å². The van der Waals surface area contributed by atoms with Gasteiger partial charge in [0.1, 0.15) is 0 Å². The topological polar surface area (TPSA) is 125 Å². The van der Waals surface area contributed by atoms with Gasteiger partial charge < -0.3 is 26.0 Å². The number of ether oxygens (including phenoxy) is 1. The Morgan fingerprint density at radius 3 is 2.69 bits per heavy atom. The molecule has 1 atom stereocenters. The van der Waals surface area contributed by atoms with E-state index in [-0.39, 0.29) is 24.1 Å². The number of fused-ring (bicyclic) bond motifs is 1. The summed E-state index contributed by atoms with van der Waals surface area (Å²) < 4.78 is 5.38. The summed E-state index contributed by atoms with van der Waals surface area (Å²) in [6, 6.07) is 12.6. The van der Waals surface area contributed by atoms with Gasteiger partial charge in [-0.1, -0.05) is 30.3 Å². The molecule has 5 N–H and O–H groups in total. The molecular formula is C22H24N4O3. The Morgan fingerprint density at radius 1 is 1.28 bits per heavy atom. The van der Waals surface area contributed by atoms with Crippen LogP contribution < -0.4 is 5.73 Å². The van der Waals surface area contributed by atoms with Crippen LogP contribution in [0.2, 0.25) is 0 Å². The average molecular weight is 392 g/mol. The molecule has 0 radical (unpaired) electrons. The number of Topliss-reactive ketones (excluding diaryl/α,β-unsaturated/α-hetero) is 1. The molecule has 1 aliphatic heterocycles. The SMILES string of the molecule is N=C(c1cc2[nH]c(C(=O)C(CO)c3ccccc3)nc2cc1N)C1CCOCC1. The minimum absolute atomic E-state index is 0.115. The van der Waals surface area contributed by atoms with Gasteiger partial charge in [-0.25, -0.2) is 4.98 Å². The van der Waals surface area contributed by atoms with Crippen molar-refractivity contribution in [3.63, 3.8) is 0 Å². The first-order valence-electron chi connectivity index (χ1n) is 9.74. The van der Waals surface area contributed by atoms with Crippen LogP contribution in [-0.4, -0.2) is 46.4 Å². The Labute approximate surface area is 168 Å². The molecule has 3 aromatic rings. The quantitative estimate of drug-likeness (QED) is 0.292. The zero-order valence-electron chi connectivity index (χ0n) is 16.0. The Bertz CT molecular complexity index is 1040. The number of rotatable bonds is 6. The maximum atomic E-state index is 13.0. The lowest BCUT2D eigenvalue weighted by Crippen LogP contribution is -2.24. The largest absolute Gasteiger partial charge is 0.398 e. The zero-order chi connectivity index (χ0) is 20.4. The second-order valence-electron chi connectivity index (χ2n) is 7.35. The van der Waals surface area contributed by atoms with Gasteiger partial charge in [0.2, 0.25) is 5.78 Å². The Hall–Kier alpha value is -3.03. The average Bonchev–Trinajstić information content (AvgIpc) is 3.17. The summed E-state index contributed by atoms with van der Waals surface area (Å²) in [7, 11) is 0. The zero-order valence-corrected chi connectivity index (χ0v) is 16.0. The van der Waals surface area contributed by atoms with Crippen LogP contribution in [0.3, 0.4) is 0 Å². The lowest BCUT2D eigenvalue weighted by Gasteiger charge is -2.23. The summed E-state index contributed by atoms with van der Waals surface area (Å²) in [5, 5.41) is 18.3. The smallest absolute Gasteiger partial charge is 0.207 e. The molecule has 1 unspecified atom stereocenters. The first-order chi connectivity index (χ1) is 14.1. The molecule has 4 rings (SSSR count). The van der Waals surface area contributed by atoms with Gasteiger partial charge in [0.15, 0.2) is 5.82 Å². The molecule has 150 valence electrons. The van der Waals surface area contributed by atoms with Crippen LogP contribution in [-0.2, 0) is 4.74 Å². The second-order valence-corrected chi connectivity index (χ2v) is 7.35. The molecule has 0 saturated carbocycles. The molecule has 0 amide bonds. The molecule has 7 heteroatoms. The standard InChI is InChI=1S/C22H24N4O3/c23-17-11-19-18(10-15(17)20(24)14-6-8-29-9-7-14)25-22(26-19)21(28)16(12-27)13-4-2-1-3-5-13/h1-5,10-11,14,16,24,27H,6-9,12,23H2,(H,25,26). The van der Waals surface area contributed by atoms with Gasteiger partial charge in [0, 0.05) is 36.1 Å². The number of benzene rings is 2. The number of nitrogens with two attached hydrogens (primary N) is 1. The number of H-pyrrole nitrogens is 1. The van der Waals surface area contributed by atoms with Gasteiger partial charge in [-0.3, -0.25) is 4.79 Å². The van der Waals surface area contributed by atoms with E-state index < -0.39 is 5.92 Å². The van der Waals surface area contributed by atoms with E-state index in [1.165, 1.54) is 0 Å². The number of imidazole rings is 1. The van der Waals surface area contributed by atoms with Gasteiger partial charge in [-0.15, -0.1) is 0 Å². The van der Waals surface area contributed by atoms with E-state index in [1.54, 1.807) is 12.1 Å². The summed E-state index contributed by atoms with van der Waals surface area (Å²) in [6.07, 6.45) is 1.61. The highest BCUT2D eigenvalue weighted by atomic mass is 16.5. The maximum Gasteiger partial charge on any atom is 0.207 e. The van der Waals surface area contributed by atoms with Crippen LogP contribution in [0.1, 0.15) is 40.5 Å². The first-order valence-corrected chi connectivity index (χ1v) is 9.74. The Kier molecular flexibility index (Phi) is 5.42. The van der Waals surface area contributed by atoms with Crippen molar-refractivity contribution >= 4 is 28.2 Å². The first kappa shape index (κ1) is 19.3. The van der Waals surface area contributed by atoms with Crippen LogP contribution in [0, 0.1) is 11.3 Å². The van der Waals surface area contributed by atoms with Crippen molar-refractivity contribution in [1.82, 2.24) is 9.97 Å². The van der Waals surface area contributed by atoms with Crippen molar-refractivity contribution in [2.45, 2.75) is 18.8 Å². The molecule has 2 aromatic carbocycles. The number of carbonyl (C=O) groups is 1. The predicted molar refractivity (Wildman–Crippen MR) is 111 cm³/mol. The molecule has 1 aliphatic rings. The molecular weight excluding hydrogens is 368 g/mol. The number of ketones is 1. The Morgan fingerprint density at radius 2 is 2.00 bits per heavy atom. The van der Waals surface area contributed by atoms with E-state index in [1.807, 2.05) is 30.3 Å². The molecule has 0 bridgehead atoms. The number of hydrogen-bond donors (Lipinski definition) is 4. The number of aliphatic hydroxyl groups is 1. The van der Waals surface area contributed by atoms with Crippen LogP contribution in [0.4, 0.5) is 5.69 Å². The van der Waals surface area contributed by atoms with Crippen molar-refractivity contribution in [1.29, 1.82) is 5.41 Å². The van der Waals surface area contributed by atoms with E-state index in [4.69, 9.17) is 15.9 Å². The monoisotopic (exact) mass is 392 g/mol. The van der Waals surface area contributed by atoms with Crippen molar-refractivity contribution in [2.75, 3.05) is 25.6 Å². The third-order valence-corrected chi connectivity index (χ3v) is 5.51. The van der Waals surface area contributed by atoms with Crippen LogP contribution in [0.15, 0.2) is 42.5 Å². The summed E-state index contributed by atoms with van der Waals surface area (Å²) in [4.78, 5) is 20.4. The number of nitrogen functional groups attached to an aromatic ring is 1. The molecule has 29 heavy (non-hydrogen) atoms. The molecule has 0 aliphatic carbocycles. The molecule has 0 spiro atoms. The van der Waals surface area contributed by atoms with Crippen LogP contribution >= 0.6 is 0 Å². The van der Waals surface area contributed by atoms with Crippen molar-refractivity contribution in [3.8, 4) is 0 Å². The van der Waals surface area contributed by atoms with E-state index in [9.17, 15) is 9.90 Å². The van der Waals surface area contributed by atoms with Crippen LogP contribution in [0.5, 0.6) is 0 Å². The minimum Gasteiger partial charge on any atom is -0.398 e. The number of carbonyl (C=O) groups excluding carboxylic acids is 1. The third kappa shape index (κ3) is 3.79. The predicted octanol–water partition coefficient (Wildman–Crippen LogP) is 2.90. The number of nitrogens with one attached hydrogen (secondary N) is 2. The maximum absolute atomic E-state index is 13.0. The summed E-state index contributed by atoms with van der Waals surface area (Å²) in [6.45, 7) is 1.00. The summed E-state index contributed by atoms with van der Waals surface area (Å²) in [5.74, 6) is -0.676. The van der Waals surface area contributed by atoms with Gasteiger partial charge in [-0.2, -0.15) is 0 Å². The number of aromatic amines is 1. The number of hydrogen-bond acceptors (Lipinski definition) is 6. The van der Waals surface area contributed by atoms with E-state index in [2.05, 4.69) is 9.97 Å². The Balaban J connectivity index is 1.65. The summed E-state index contributed by atoms with van der Waals surface area (Å²) in [5.41, 5.74) is 9.79. The number of anilines is 1. The molecule has 1 aromatic heterocycles. The van der Waals surface area contributed by atoms with E-state index >= 15 is 0 Å². The normalized spacial score (nSPS) is 16.0. The van der Waals surface area contributed by atoms with Gasteiger partial charge in [0.05, 0.1) is 23.6 Å². The summed E-state index contributed by atoms with van der Waals surface area (Å²) >= 11 is 0. The van der Waals surface area contributed by atoms with Gasteiger partial charge in [-0.05, 0) is 30.5 Å². The molecule has 2 heterocycles. The highest BCUT2D eigenvalue weighted by Gasteiger charge is 2.25. The molecule has 1 fully saturated rings. The number of aliphatic hydroxyl groups excluding tert-OH is 1. The third-order valence-electron chi connectivity index (χ3n) is 5.51. The van der Waals surface area contributed by atoms with Gasteiger partial charge in [0.25, 0.3) is 0 Å². The highest BCUT2D eigenvalue weighted by molar-refractivity contribution is 6.07. The van der Waals surface area contributed by atoms with E-state index in [0.29, 0.717) is 41.2 Å². The van der Waals surface area contributed by atoms with Crippen molar-refractivity contribution < 1.29 is 14.6 Å². The van der Waals surface area contributed by atoms with Gasteiger partial charge >= 0.3 is 0 Å². The lowest BCUT2D eigenvalue weighted by atomic mass is 9.89.